The second-order valence-corrected chi connectivity index (χ2v) is 12.9. The molecule has 0 radical (unpaired) electrons. The maximum absolute atomic E-state index is 14.1. The average molecular weight is 547 g/mol. The Morgan fingerprint density at radius 1 is 1.05 bits per heavy atom. The van der Waals surface area contributed by atoms with Gasteiger partial charge in [0.1, 0.15) is 22.4 Å². The first-order valence-electron chi connectivity index (χ1n) is 12.3. The second kappa shape index (κ2) is 10.2. The number of nitrogens with one attached hydrogen (secondary N) is 1. The molecule has 2 atom stereocenters. The zero-order valence-corrected chi connectivity index (χ0v) is 23.0. The van der Waals surface area contributed by atoms with Gasteiger partial charge in [-0.3, -0.25) is 9.59 Å². The molecular formula is C26H31N2O7PS. The van der Waals surface area contributed by atoms with E-state index in [0.29, 0.717) is 36.8 Å². The Morgan fingerprint density at radius 2 is 1.73 bits per heavy atom. The minimum Gasteiger partial charge on any atom is -0.424 e. The SMILES string of the molecule is CCCC1(CCC)C(=O)C(C2=NS(=O)(=O)c3cc(OP(C)(=O)OCC)ccc3N2)C(=O)c2ccccc21. The summed E-state index contributed by atoms with van der Waals surface area (Å²) in [6, 6.07) is 11.1. The highest BCUT2D eigenvalue weighted by atomic mass is 32.2. The normalized spacial score (nSPS) is 21.2. The third-order valence-electron chi connectivity index (χ3n) is 6.68. The summed E-state index contributed by atoms with van der Waals surface area (Å²) in [5, 5.41) is 2.92. The van der Waals surface area contributed by atoms with E-state index in [1.165, 1.54) is 24.9 Å². The molecule has 1 aliphatic carbocycles. The summed E-state index contributed by atoms with van der Waals surface area (Å²) in [6.07, 6.45) is 2.50. The Bertz CT molecular complexity index is 1430. The molecule has 37 heavy (non-hydrogen) atoms. The Kier molecular flexibility index (Phi) is 7.48. The van der Waals surface area contributed by atoms with Crippen LogP contribution >= 0.6 is 7.60 Å². The van der Waals surface area contributed by atoms with Crippen molar-refractivity contribution < 1.29 is 31.6 Å². The fourth-order valence-electron chi connectivity index (χ4n) is 5.33. The molecule has 0 spiro atoms. The van der Waals surface area contributed by atoms with Crippen LogP contribution in [0.5, 0.6) is 5.75 Å². The highest BCUT2D eigenvalue weighted by Gasteiger charge is 2.53. The van der Waals surface area contributed by atoms with Crippen LogP contribution in [-0.4, -0.2) is 39.1 Å². The van der Waals surface area contributed by atoms with Crippen LogP contribution in [0.4, 0.5) is 5.69 Å². The Labute approximate surface area is 217 Å². The molecule has 0 amide bonds. The molecule has 2 aliphatic rings. The molecule has 2 unspecified atom stereocenters. The number of ketones is 2. The fraction of sp³-hybridized carbons (Fsp3) is 0.423. The molecule has 9 nitrogen and oxygen atoms in total. The number of rotatable bonds is 9. The topological polar surface area (TPSA) is 128 Å². The maximum Gasteiger partial charge on any atom is 0.376 e. The van der Waals surface area contributed by atoms with Gasteiger partial charge in [-0.25, -0.2) is 4.57 Å². The van der Waals surface area contributed by atoms with Gasteiger partial charge >= 0.3 is 7.60 Å². The molecule has 0 bridgehead atoms. The van der Waals surface area contributed by atoms with E-state index in [9.17, 15) is 22.6 Å². The van der Waals surface area contributed by atoms with E-state index in [1.54, 1.807) is 19.1 Å². The highest BCUT2D eigenvalue weighted by molar-refractivity contribution is 7.90. The first-order valence-corrected chi connectivity index (χ1v) is 15.8. The smallest absolute Gasteiger partial charge is 0.376 e. The van der Waals surface area contributed by atoms with Crippen LogP contribution in [0.2, 0.25) is 0 Å². The van der Waals surface area contributed by atoms with Gasteiger partial charge < -0.3 is 14.4 Å². The Morgan fingerprint density at radius 3 is 2.38 bits per heavy atom. The van der Waals surface area contributed by atoms with Crippen LogP contribution in [0.3, 0.4) is 0 Å². The number of Topliss-reactive ketones (excluding diaryl/α,β-unsaturated/α-hetero) is 2. The van der Waals surface area contributed by atoms with Crippen molar-refractivity contribution in [2.45, 2.75) is 56.8 Å². The third kappa shape index (κ3) is 4.90. The lowest BCUT2D eigenvalue weighted by molar-refractivity contribution is -0.126. The molecular weight excluding hydrogens is 515 g/mol. The summed E-state index contributed by atoms with van der Waals surface area (Å²) in [6.45, 7) is 7.08. The molecule has 11 heteroatoms. The molecule has 0 fully saturated rings. The molecule has 1 N–H and O–H groups in total. The van der Waals surface area contributed by atoms with Crippen molar-refractivity contribution in [3.63, 3.8) is 0 Å². The first-order chi connectivity index (χ1) is 17.5. The molecule has 2 aromatic rings. The van der Waals surface area contributed by atoms with Crippen molar-refractivity contribution in [3.05, 3.63) is 53.6 Å². The average Bonchev–Trinajstić information content (AvgIpc) is 2.83. The Hall–Kier alpha value is -2.81. The highest BCUT2D eigenvalue weighted by Crippen LogP contribution is 2.47. The van der Waals surface area contributed by atoms with Crippen molar-refractivity contribution in [1.82, 2.24) is 0 Å². The Balaban J connectivity index is 1.78. The van der Waals surface area contributed by atoms with Gasteiger partial charge in [-0.1, -0.05) is 51.0 Å². The fourth-order valence-corrected chi connectivity index (χ4v) is 7.52. The molecule has 1 aliphatic heterocycles. The van der Waals surface area contributed by atoms with Crippen LogP contribution in [0, 0.1) is 5.92 Å². The van der Waals surface area contributed by atoms with Gasteiger partial charge in [-0.05, 0) is 37.5 Å². The van der Waals surface area contributed by atoms with Crippen molar-refractivity contribution in [3.8, 4) is 5.75 Å². The summed E-state index contributed by atoms with van der Waals surface area (Å²) in [4.78, 5) is 27.5. The second-order valence-electron chi connectivity index (χ2n) is 9.30. The van der Waals surface area contributed by atoms with Crippen molar-refractivity contribution >= 4 is 40.7 Å². The summed E-state index contributed by atoms with van der Waals surface area (Å²) in [7, 11) is -7.75. The number of anilines is 1. The van der Waals surface area contributed by atoms with E-state index in [4.69, 9.17) is 9.05 Å². The van der Waals surface area contributed by atoms with Crippen LogP contribution in [0.15, 0.2) is 51.8 Å². The lowest BCUT2D eigenvalue weighted by Crippen LogP contribution is -2.52. The number of amidine groups is 1. The standard InChI is InChI=1S/C26H31N2O7PS/c1-5-14-26(15-6-2)19-11-9-8-10-18(19)23(29)22(24(26)30)25-27-20-13-12-17(35-36(4,31)34-7-3)16-21(20)37(32,33)28-25/h8-13,16,22H,5-7,14-15H2,1-4H3,(H,27,28). The quantitative estimate of drug-likeness (QED) is 0.329. The van der Waals surface area contributed by atoms with Crippen molar-refractivity contribution in [2.75, 3.05) is 18.6 Å². The number of fused-ring (bicyclic) bond motifs is 2. The number of hydrogen-bond acceptors (Lipinski definition) is 8. The largest absolute Gasteiger partial charge is 0.424 e. The number of benzene rings is 2. The van der Waals surface area contributed by atoms with Crippen LogP contribution < -0.4 is 9.84 Å². The number of carbonyl (C=O) groups is 2. The number of sulfonamides is 1. The molecule has 4 rings (SSSR count). The van der Waals surface area contributed by atoms with Gasteiger partial charge in [-0.2, -0.15) is 8.42 Å². The summed E-state index contributed by atoms with van der Waals surface area (Å²) < 4.78 is 53.2. The van der Waals surface area contributed by atoms with Gasteiger partial charge in [-0.15, -0.1) is 4.40 Å². The summed E-state index contributed by atoms with van der Waals surface area (Å²) in [5.74, 6) is -2.37. The van der Waals surface area contributed by atoms with E-state index in [1.807, 2.05) is 26.0 Å². The van der Waals surface area contributed by atoms with Crippen LogP contribution in [-0.2, 0) is 29.3 Å². The van der Waals surface area contributed by atoms with Crippen molar-refractivity contribution in [1.29, 1.82) is 0 Å². The lowest BCUT2D eigenvalue weighted by Gasteiger charge is -2.41. The zero-order chi connectivity index (χ0) is 27.0. The minimum atomic E-state index is -4.31. The molecule has 0 aromatic heterocycles. The monoisotopic (exact) mass is 546 g/mol. The summed E-state index contributed by atoms with van der Waals surface area (Å²) >= 11 is 0. The first kappa shape index (κ1) is 27.2. The van der Waals surface area contributed by atoms with E-state index in [2.05, 4.69) is 9.71 Å². The van der Waals surface area contributed by atoms with E-state index in [0.717, 1.165) is 0 Å². The molecule has 2 aromatic carbocycles. The number of hydrogen-bond donors (Lipinski definition) is 1. The van der Waals surface area contributed by atoms with Crippen LogP contribution in [0.1, 0.15) is 62.4 Å². The predicted molar refractivity (Wildman–Crippen MR) is 141 cm³/mol. The van der Waals surface area contributed by atoms with Gasteiger partial charge in [0.25, 0.3) is 10.0 Å². The van der Waals surface area contributed by atoms with Gasteiger partial charge in [0, 0.05) is 18.3 Å². The van der Waals surface area contributed by atoms with Gasteiger partial charge in [0.05, 0.1) is 17.7 Å². The third-order valence-corrected chi connectivity index (χ3v) is 9.28. The molecule has 0 saturated heterocycles. The lowest BCUT2D eigenvalue weighted by atomic mass is 9.60. The van der Waals surface area contributed by atoms with Gasteiger partial charge in [0.15, 0.2) is 11.6 Å². The van der Waals surface area contributed by atoms with Gasteiger partial charge in [0.2, 0.25) is 0 Å². The minimum absolute atomic E-state index is 0.0331. The van der Waals surface area contributed by atoms with Crippen LogP contribution in [0.25, 0.3) is 0 Å². The molecule has 1 heterocycles. The van der Waals surface area contributed by atoms with E-state index >= 15 is 0 Å². The zero-order valence-electron chi connectivity index (χ0n) is 21.3. The van der Waals surface area contributed by atoms with E-state index < -0.39 is 34.7 Å². The number of carbonyl (C=O) groups excluding carboxylic acids is 2. The van der Waals surface area contributed by atoms with E-state index in [-0.39, 0.29) is 34.6 Å². The van der Waals surface area contributed by atoms with Crippen molar-refractivity contribution in [2.24, 2.45) is 10.3 Å². The predicted octanol–water partition coefficient (Wildman–Crippen LogP) is 5.36. The molecule has 198 valence electrons. The summed E-state index contributed by atoms with van der Waals surface area (Å²) in [5.41, 5.74) is 0.354. The maximum atomic E-state index is 14.1. The number of nitrogens with zero attached hydrogens (tertiary/aromatic N) is 1. The molecule has 0 saturated carbocycles.